The van der Waals surface area contributed by atoms with E-state index in [4.69, 9.17) is 0 Å². The first-order valence-electron chi connectivity index (χ1n) is 17.2. The van der Waals surface area contributed by atoms with Gasteiger partial charge in [-0.2, -0.15) is 0 Å². The average Bonchev–Trinajstić information content (AvgIpc) is 2.90. The van der Waals surface area contributed by atoms with E-state index in [2.05, 4.69) is 55.9 Å². The lowest BCUT2D eigenvalue weighted by molar-refractivity contribution is -0.890. The standard InChI is InChI=1S/2C17H37NO.O/c2*1-5-7-8-9-10-11-12-13-14-15-16(18(3)4)17(19)6-2;/h2*16-17,19H,5-15H2,1-4H3;/q;;-2/p+2. The molecule has 0 aliphatic rings. The van der Waals surface area contributed by atoms with E-state index < -0.39 is 0 Å². The van der Waals surface area contributed by atoms with Crippen LogP contribution in [-0.2, 0) is 5.48 Å². The molecular weight excluding hydrogens is 484 g/mol. The topological polar surface area (TPSA) is 77.8 Å². The van der Waals surface area contributed by atoms with E-state index in [1.165, 1.54) is 138 Å². The molecule has 0 fully saturated rings. The lowest BCUT2D eigenvalue weighted by Crippen LogP contribution is -3.11. The molecule has 4 N–H and O–H groups in total. The minimum Gasteiger partial charge on any atom is -2.00 e. The Bertz CT molecular complexity index is 408. The Hall–Kier alpha value is -0.200. The Morgan fingerprint density at radius 1 is 0.410 bits per heavy atom. The fraction of sp³-hybridized carbons (Fsp3) is 1.00. The summed E-state index contributed by atoms with van der Waals surface area (Å²) in [4.78, 5) is 2.79. The first-order valence-corrected chi connectivity index (χ1v) is 17.2. The summed E-state index contributed by atoms with van der Waals surface area (Å²) in [5.41, 5.74) is 0. The van der Waals surface area contributed by atoms with E-state index >= 15 is 0 Å². The van der Waals surface area contributed by atoms with E-state index in [9.17, 15) is 10.2 Å². The summed E-state index contributed by atoms with van der Waals surface area (Å²) in [6.07, 6.45) is 28.7. The molecule has 0 amide bonds. The van der Waals surface area contributed by atoms with Gasteiger partial charge in [-0.05, 0) is 25.7 Å². The third-order valence-electron chi connectivity index (χ3n) is 8.49. The first kappa shape index (κ1) is 43.3. The van der Waals surface area contributed by atoms with Gasteiger partial charge in [-0.3, -0.25) is 0 Å². The highest BCUT2D eigenvalue weighted by molar-refractivity contribution is 4.66. The summed E-state index contributed by atoms with van der Waals surface area (Å²) in [6.45, 7) is 8.70. The van der Waals surface area contributed by atoms with Crippen molar-refractivity contribution in [2.75, 3.05) is 28.2 Å². The van der Waals surface area contributed by atoms with E-state index in [0.29, 0.717) is 12.1 Å². The number of rotatable bonds is 26. The second-order valence-corrected chi connectivity index (χ2v) is 12.6. The maximum atomic E-state index is 9.99. The van der Waals surface area contributed by atoms with E-state index in [1.807, 2.05) is 0 Å². The molecule has 4 atom stereocenters. The second-order valence-electron chi connectivity index (χ2n) is 12.6. The lowest BCUT2D eigenvalue weighted by Gasteiger charge is -2.25. The number of quaternary nitrogens is 2. The van der Waals surface area contributed by atoms with Gasteiger partial charge < -0.3 is 25.5 Å². The number of likely N-dealkylation sites (N-methyl/N-ethyl adjacent to an activating group) is 2. The van der Waals surface area contributed by atoms with Crippen LogP contribution in [0.5, 0.6) is 0 Å². The quantitative estimate of drug-likeness (QED) is 0.0942. The minimum atomic E-state index is -0.126. The van der Waals surface area contributed by atoms with Crippen molar-refractivity contribution in [3.63, 3.8) is 0 Å². The highest BCUT2D eigenvalue weighted by Crippen LogP contribution is 2.13. The number of hydrogen-bond donors (Lipinski definition) is 4. The van der Waals surface area contributed by atoms with Crippen LogP contribution in [0.15, 0.2) is 0 Å². The smallest absolute Gasteiger partial charge is 0.113 e. The van der Waals surface area contributed by atoms with E-state index in [1.54, 1.807) is 0 Å². The van der Waals surface area contributed by atoms with Gasteiger partial charge in [0.1, 0.15) is 24.3 Å². The predicted octanol–water partition coefficient (Wildman–Crippen LogP) is 6.26. The molecule has 0 aliphatic carbocycles. The maximum Gasteiger partial charge on any atom is 0.113 e. The van der Waals surface area contributed by atoms with Crippen LogP contribution >= 0.6 is 0 Å². The summed E-state index contributed by atoms with van der Waals surface area (Å²) < 4.78 is 0. The van der Waals surface area contributed by atoms with Crippen molar-refractivity contribution >= 4 is 0 Å². The van der Waals surface area contributed by atoms with Crippen molar-refractivity contribution < 1.29 is 25.5 Å². The summed E-state index contributed by atoms with van der Waals surface area (Å²) >= 11 is 0. The van der Waals surface area contributed by atoms with E-state index in [0.717, 1.165) is 12.8 Å². The molecule has 0 bridgehead atoms. The van der Waals surface area contributed by atoms with Gasteiger partial charge in [0.15, 0.2) is 0 Å². The number of nitrogens with one attached hydrogen (secondary N) is 2. The zero-order chi connectivity index (χ0) is 29.0. The number of hydrogen-bond acceptors (Lipinski definition) is 2. The molecule has 5 nitrogen and oxygen atoms in total. The van der Waals surface area contributed by atoms with Gasteiger partial charge in [0.25, 0.3) is 0 Å². The predicted molar refractivity (Wildman–Crippen MR) is 170 cm³/mol. The van der Waals surface area contributed by atoms with Crippen LogP contribution < -0.4 is 9.80 Å². The molecular formula is C34H76N2O3. The van der Waals surface area contributed by atoms with Gasteiger partial charge in [0, 0.05) is 12.8 Å². The largest absolute Gasteiger partial charge is 2.00 e. The molecule has 0 spiro atoms. The zero-order valence-corrected chi connectivity index (χ0v) is 28.2. The van der Waals surface area contributed by atoms with Gasteiger partial charge >= 0.3 is 0 Å². The van der Waals surface area contributed by atoms with Crippen molar-refractivity contribution in [2.45, 2.75) is 193 Å². The molecule has 0 aromatic carbocycles. The van der Waals surface area contributed by atoms with Crippen LogP contribution in [0.25, 0.3) is 0 Å². The lowest BCUT2D eigenvalue weighted by atomic mass is 9.99. The number of aliphatic hydroxyl groups excluding tert-OH is 2. The molecule has 0 aromatic heterocycles. The highest BCUT2D eigenvalue weighted by atomic mass is 16.3. The van der Waals surface area contributed by atoms with Crippen LogP contribution in [0.4, 0.5) is 0 Å². The molecule has 4 unspecified atom stereocenters. The Balaban J connectivity index is -0.000000648. The van der Waals surface area contributed by atoms with Gasteiger partial charge in [-0.1, -0.05) is 130 Å². The third-order valence-corrected chi connectivity index (χ3v) is 8.49. The molecule has 0 rings (SSSR count). The van der Waals surface area contributed by atoms with Crippen molar-refractivity contribution in [3.05, 3.63) is 0 Å². The molecule has 240 valence electrons. The van der Waals surface area contributed by atoms with Crippen molar-refractivity contribution in [1.82, 2.24) is 0 Å². The SMILES string of the molecule is CCCCCCCCCCCC(C(O)CC)[NH+](C)C.CCCCCCCCCCCC(C(O)CC)[NH+](C)C.[O-2]. The molecule has 39 heavy (non-hydrogen) atoms. The highest BCUT2D eigenvalue weighted by Gasteiger charge is 2.23. The van der Waals surface area contributed by atoms with Crippen molar-refractivity contribution in [1.29, 1.82) is 0 Å². The van der Waals surface area contributed by atoms with Crippen LogP contribution in [0.2, 0.25) is 0 Å². The van der Waals surface area contributed by atoms with Crippen molar-refractivity contribution in [2.24, 2.45) is 0 Å². The molecule has 0 aliphatic heterocycles. The van der Waals surface area contributed by atoms with Crippen LogP contribution in [0.1, 0.15) is 169 Å². The molecule has 0 radical (unpaired) electrons. The molecule has 0 aromatic rings. The Morgan fingerprint density at radius 2 is 0.641 bits per heavy atom. The molecule has 0 heterocycles. The third kappa shape index (κ3) is 27.7. The summed E-state index contributed by atoms with van der Waals surface area (Å²) in [6, 6.07) is 0.851. The van der Waals surface area contributed by atoms with E-state index in [-0.39, 0.29) is 17.7 Å². The summed E-state index contributed by atoms with van der Waals surface area (Å²) in [5, 5.41) is 20.0. The molecule has 0 saturated carbocycles. The fourth-order valence-electron chi connectivity index (χ4n) is 5.65. The van der Waals surface area contributed by atoms with Gasteiger partial charge in [0.2, 0.25) is 0 Å². The Kier molecular flexibility index (Phi) is 35.8. The minimum absolute atomic E-state index is 0. The number of unbranched alkanes of at least 4 members (excludes halogenated alkanes) is 16. The molecule has 5 heteroatoms. The average molecular weight is 561 g/mol. The Morgan fingerprint density at radius 3 is 0.846 bits per heavy atom. The van der Waals surface area contributed by atoms with Gasteiger partial charge in [0.05, 0.1) is 28.2 Å². The maximum absolute atomic E-state index is 9.99. The van der Waals surface area contributed by atoms with Crippen LogP contribution in [0, 0.1) is 0 Å². The van der Waals surface area contributed by atoms with Gasteiger partial charge in [-0.25, -0.2) is 0 Å². The zero-order valence-electron chi connectivity index (χ0n) is 28.2. The normalized spacial score (nSPS) is 14.5. The number of aliphatic hydroxyl groups is 2. The second kappa shape index (κ2) is 32.3. The Labute approximate surface area is 246 Å². The monoisotopic (exact) mass is 561 g/mol. The summed E-state index contributed by atoms with van der Waals surface area (Å²) in [5.74, 6) is 0. The molecule has 0 saturated heterocycles. The van der Waals surface area contributed by atoms with Crippen molar-refractivity contribution in [3.8, 4) is 0 Å². The first-order chi connectivity index (χ1) is 18.3. The fourth-order valence-corrected chi connectivity index (χ4v) is 5.65. The van der Waals surface area contributed by atoms with Gasteiger partial charge in [-0.15, -0.1) is 0 Å². The summed E-state index contributed by atoms with van der Waals surface area (Å²) in [7, 11) is 8.66. The van der Waals surface area contributed by atoms with Crippen LogP contribution in [-0.4, -0.2) is 62.7 Å². The van der Waals surface area contributed by atoms with Crippen LogP contribution in [0.3, 0.4) is 0 Å².